The summed E-state index contributed by atoms with van der Waals surface area (Å²) in [5, 5.41) is 6.72. The van der Waals surface area contributed by atoms with Gasteiger partial charge in [0.1, 0.15) is 0 Å². The highest BCUT2D eigenvalue weighted by atomic mass is 19.1. The number of nitrogens with zero attached hydrogens (tertiary/aromatic N) is 3. The predicted molar refractivity (Wildman–Crippen MR) is 116 cm³/mol. The molecule has 6 nitrogen and oxygen atoms in total. The number of rotatable bonds is 9. The molecule has 1 saturated heterocycles. The third-order valence-electron chi connectivity index (χ3n) is 5.84. The highest BCUT2D eigenvalue weighted by molar-refractivity contribution is 5.80. The van der Waals surface area contributed by atoms with Crippen molar-refractivity contribution in [2.45, 2.75) is 32.7 Å². The molecule has 0 radical (unpaired) electrons. The monoisotopic (exact) mass is 405 g/mol. The van der Waals surface area contributed by atoms with Gasteiger partial charge in [-0.1, -0.05) is 13.0 Å². The summed E-state index contributed by atoms with van der Waals surface area (Å²) < 4.78 is 19.9. The van der Waals surface area contributed by atoms with Crippen LogP contribution in [-0.4, -0.2) is 75.2 Å². The first-order valence-corrected chi connectivity index (χ1v) is 10.9. The zero-order valence-corrected chi connectivity index (χ0v) is 18.1. The lowest BCUT2D eigenvalue weighted by atomic mass is 10.1. The summed E-state index contributed by atoms with van der Waals surface area (Å²) in [6.45, 7) is 12.3. The van der Waals surface area contributed by atoms with Gasteiger partial charge in [-0.05, 0) is 49.9 Å². The van der Waals surface area contributed by atoms with Crippen LogP contribution in [0.3, 0.4) is 0 Å². The molecule has 1 heterocycles. The second kappa shape index (κ2) is 10.8. The maximum absolute atomic E-state index is 14.4. The molecule has 0 amide bonds. The van der Waals surface area contributed by atoms with Gasteiger partial charge in [0.2, 0.25) is 0 Å². The SMILES string of the molecule is CCN1CCN(CCNC(=NC)NC(C)c2ccc(OCC3CC3)c(F)c2)CC1. The van der Waals surface area contributed by atoms with Crippen LogP contribution in [0, 0.1) is 11.7 Å². The third kappa shape index (κ3) is 6.85. The van der Waals surface area contributed by atoms with Gasteiger partial charge in [-0.2, -0.15) is 0 Å². The van der Waals surface area contributed by atoms with E-state index in [9.17, 15) is 4.39 Å². The topological polar surface area (TPSA) is 52.1 Å². The zero-order chi connectivity index (χ0) is 20.6. The molecule has 0 aromatic heterocycles. The molecule has 0 bridgehead atoms. The van der Waals surface area contributed by atoms with Gasteiger partial charge in [0.25, 0.3) is 0 Å². The molecule has 2 fully saturated rings. The molecule has 1 aromatic rings. The Kier molecular flexibility index (Phi) is 8.12. The second-order valence-corrected chi connectivity index (χ2v) is 8.09. The Morgan fingerprint density at radius 3 is 2.59 bits per heavy atom. The largest absolute Gasteiger partial charge is 0.490 e. The number of halogens is 1. The first-order chi connectivity index (χ1) is 14.1. The Balaban J connectivity index is 1.42. The molecular formula is C22H36FN5O. The minimum atomic E-state index is -0.300. The predicted octanol–water partition coefficient (Wildman–Crippen LogP) is 2.48. The summed E-state index contributed by atoms with van der Waals surface area (Å²) in [6, 6.07) is 5.16. The molecule has 1 unspecified atom stereocenters. The molecule has 1 aliphatic carbocycles. The van der Waals surface area contributed by atoms with Crippen molar-refractivity contribution in [3.05, 3.63) is 29.6 Å². The van der Waals surface area contributed by atoms with Crippen molar-refractivity contribution in [2.24, 2.45) is 10.9 Å². The van der Waals surface area contributed by atoms with Gasteiger partial charge in [-0.3, -0.25) is 9.89 Å². The van der Waals surface area contributed by atoms with Gasteiger partial charge in [0.05, 0.1) is 12.6 Å². The van der Waals surface area contributed by atoms with E-state index in [1.165, 1.54) is 12.8 Å². The average molecular weight is 406 g/mol. The number of guanidine groups is 1. The van der Waals surface area contributed by atoms with Crippen LogP contribution in [0.4, 0.5) is 4.39 Å². The molecule has 7 heteroatoms. The average Bonchev–Trinajstić information content (AvgIpc) is 3.57. The Bertz CT molecular complexity index is 671. The van der Waals surface area contributed by atoms with E-state index in [1.807, 2.05) is 13.0 Å². The molecule has 1 aromatic carbocycles. The van der Waals surface area contributed by atoms with Crippen molar-refractivity contribution in [3.63, 3.8) is 0 Å². The Morgan fingerprint density at radius 2 is 1.97 bits per heavy atom. The van der Waals surface area contributed by atoms with E-state index < -0.39 is 0 Å². The van der Waals surface area contributed by atoms with Crippen LogP contribution >= 0.6 is 0 Å². The van der Waals surface area contributed by atoms with E-state index in [0.717, 1.165) is 57.3 Å². The molecule has 29 heavy (non-hydrogen) atoms. The van der Waals surface area contributed by atoms with Crippen molar-refractivity contribution >= 4 is 5.96 Å². The minimum absolute atomic E-state index is 0.0544. The normalized spacial score (nSPS) is 19.8. The molecule has 3 rings (SSSR count). The first kappa shape index (κ1) is 21.8. The highest BCUT2D eigenvalue weighted by Gasteiger charge is 2.22. The maximum Gasteiger partial charge on any atom is 0.191 e. The fourth-order valence-corrected chi connectivity index (χ4v) is 3.54. The fourth-order valence-electron chi connectivity index (χ4n) is 3.54. The fraction of sp³-hybridized carbons (Fsp3) is 0.682. The van der Waals surface area contributed by atoms with Crippen LogP contribution in [0.15, 0.2) is 23.2 Å². The van der Waals surface area contributed by atoms with Crippen molar-refractivity contribution < 1.29 is 9.13 Å². The third-order valence-corrected chi connectivity index (χ3v) is 5.84. The standard InChI is InChI=1S/C22H36FN5O/c1-4-27-11-13-28(14-12-27)10-9-25-22(24-3)26-17(2)19-7-8-21(20(23)15-19)29-16-18-5-6-18/h7-8,15,17-18H,4-6,9-14,16H2,1-3H3,(H2,24,25,26). The summed E-state index contributed by atoms with van der Waals surface area (Å²) in [4.78, 5) is 9.26. The summed E-state index contributed by atoms with van der Waals surface area (Å²) in [5.74, 6) is 1.39. The van der Waals surface area contributed by atoms with E-state index in [-0.39, 0.29) is 11.9 Å². The number of piperazine rings is 1. The summed E-state index contributed by atoms with van der Waals surface area (Å²) in [5.41, 5.74) is 0.875. The lowest BCUT2D eigenvalue weighted by molar-refractivity contribution is 0.139. The van der Waals surface area contributed by atoms with E-state index in [4.69, 9.17) is 4.74 Å². The van der Waals surface area contributed by atoms with Crippen LogP contribution in [0.2, 0.25) is 0 Å². The maximum atomic E-state index is 14.4. The summed E-state index contributed by atoms with van der Waals surface area (Å²) in [6.07, 6.45) is 2.39. The quantitative estimate of drug-likeness (QED) is 0.488. The smallest absolute Gasteiger partial charge is 0.191 e. The number of hydrogen-bond acceptors (Lipinski definition) is 4. The molecule has 2 N–H and O–H groups in total. The number of benzene rings is 1. The minimum Gasteiger partial charge on any atom is -0.490 e. The highest BCUT2D eigenvalue weighted by Crippen LogP contribution is 2.30. The van der Waals surface area contributed by atoms with E-state index in [2.05, 4.69) is 32.3 Å². The van der Waals surface area contributed by atoms with Gasteiger partial charge in [-0.15, -0.1) is 0 Å². The number of hydrogen-bond donors (Lipinski definition) is 2. The van der Waals surface area contributed by atoms with Crippen LogP contribution in [0.1, 0.15) is 38.3 Å². The van der Waals surface area contributed by atoms with Gasteiger partial charge in [-0.25, -0.2) is 4.39 Å². The molecule has 0 spiro atoms. The lowest BCUT2D eigenvalue weighted by Crippen LogP contribution is -2.49. The molecule has 1 aliphatic heterocycles. The van der Waals surface area contributed by atoms with Gasteiger partial charge < -0.3 is 20.3 Å². The Labute approximate surface area is 174 Å². The van der Waals surface area contributed by atoms with Crippen molar-refractivity contribution in [2.75, 3.05) is 59.5 Å². The van der Waals surface area contributed by atoms with Crippen LogP contribution in [0.5, 0.6) is 5.75 Å². The van der Waals surface area contributed by atoms with Gasteiger partial charge in [0.15, 0.2) is 17.5 Å². The van der Waals surface area contributed by atoms with Crippen molar-refractivity contribution in [1.29, 1.82) is 0 Å². The van der Waals surface area contributed by atoms with Crippen LogP contribution < -0.4 is 15.4 Å². The summed E-state index contributed by atoms with van der Waals surface area (Å²) in [7, 11) is 1.76. The number of likely N-dealkylation sites (N-methyl/N-ethyl adjacent to an activating group) is 1. The first-order valence-electron chi connectivity index (χ1n) is 10.9. The molecule has 1 saturated carbocycles. The van der Waals surface area contributed by atoms with Gasteiger partial charge >= 0.3 is 0 Å². The Hall–Kier alpha value is -1.86. The number of aliphatic imine (C=N–C) groups is 1. The van der Waals surface area contributed by atoms with E-state index in [0.29, 0.717) is 18.3 Å². The molecule has 2 aliphatic rings. The second-order valence-electron chi connectivity index (χ2n) is 8.09. The zero-order valence-electron chi connectivity index (χ0n) is 18.1. The van der Waals surface area contributed by atoms with Crippen molar-refractivity contribution in [3.8, 4) is 5.75 Å². The lowest BCUT2D eigenvalue weighted by Gasteiger charge is -2.34. The Morgan fingerprint density at radius 1 is 1.24 bits per heavy atom. The molecular weight excluding hydrogens is 369 g/mol. The molecule has 1 atom stereocenters. The summed E-state index contributed by atoms with van der Waals surface area (Å²) >= 11 is 0. The number of nitrogens with one attached hydrogen (secondary N) is 2. The number of ether oxygens (including phenoxy) is 1. The van der Waals surface area contributed by atoms with E-state index >= 15 is 0 Å². The van der Waals surface area contributed by atoms with E-state index in [1.54, 1.807) is 19.2 Å². The van der Waals surface area contributed by atoms with Crippen molar-refractivity contribution in [1.82, 2.24) is 20.4 Å². The van der Waals surface area contributed by atoms with Crippen LogP contribution in [-0.2, 0) is 0 Å². The van der Waals surface area contributed by atoms with Crippen LogP contribution in [0.25, 0.3) is 0 Å². The molecule has 162 valence electrons. The van der Waals surface area contributed by atoms with Gasteiger partial charge in [0, 0.05) is 46.3 Å².